The number of nitrogens with zero attached hydrogens (tertiary/aromatic N) is 5. The molecule has 5 rings (SSSR count). The van der Waals surface area contributed by atoms with Crippen LogP contribution in [-0.2, 0) is 6.42 Å². The van der Waals surface area contributed by atoms with Crippen molar-refractivity contribution >= 4 is 5.65 Å². The Bertz CT molecular complexity index is 1130. The molecule has 4 aromatic rings. The quantitative estimate of drug-likeness (QED) is 0.606. The van der Waals surface area contributed by atoms with Gasteiger partial charge in [-0.15, -0.1) is 0 Å². The Labute approximate surface area is 150 Å². The number of fused-ring (bicyclic) bond motifs is 2. The van der Waals surface area contributed by atoms with Crippen LogP contribution in [0.3, 0.4) is 0 Å². The average molecular weight is 345 g/mol. The van der Waals surface area contributed by atoms with Crippen molar-refractivity contribution in [2.45, 2.75) is 32.4 Å². The van der Waals surface area contributed by atoms with E-state index in [-0.39, 0.29) is 6.04 Å². The van der Waals surface area contributed by atoms with Crippen LogP contribution in [0.15, 0.2) is 48.9 Å². The lowest BCUT2D eigenvalue weighted by molar-refractivity contribution is 0.145. The Balaban J connectivity index is 1.70. The molecule has 0 fully saturated rings. The maximum absolute atomic E-state index is 10.7. The highest BCUT2D eigenvalue weighted by atomic mass is 16.3. The molecule has 3 aromatic heterocycles. The van der Waals surface area contributed by atoms with Crippen molar-refractivity contribution in [1.29, 1.82) is 0 Å². The number of imidazole rings is 1. The molecule has 26 heavy (non-hydrogen) atoms. The van der Waals surface area contributed by atoms with Gasteiger partial charge in [-0.05, 0) is 31.0 Å². The van der Waals surface area contributed by atoms with E-state index in [0.29, 0.717) is 6.42 Å². The van der Waals surface area contributed by atoms with Gasteiger partial charge in [0.15, 0.2) is 5.65 Å². The van der Waals surface area contributed by atoms with E-state index in [1.807, 2.05) is 47.3 Å². The molecule has 1 aliphatic carbocycles. The fourth-order valence-corrected chi connectivity index (χ4v) is 4.06. The van der Waals surface area contributed by atoms with Gasteiger partial charge in [-0.2, -0.15) is 5.10 Å². The van der Waals surface area contributed by atoms with Crippen LogP contribution < -0.4 is 0 Å². The third-order valence-electron chi connectivity index (χ3n) is 5.15. The minimum absolute atomic E-state index is 0.149. The van der Waals surface area contributed by atoms with Gasteiger partial charge in [0.1, 0.15) is 5.82 Å². The molecular weight excluding hydrogens is 326 g/mol. The summed E-state index contributed by atoms with van der Waals surface area (Å²) in [5, 5.41) is 15.2. The summed E-state index contributed by atoms with van der Waals surface area (Å²) in [5.41, 5.74) is 5.98. The van der Waals surface area contributed by atoms with Crippen molar-refractivity contribution in [1.82, 2.24) is 24.1 Å². The summed E-state index contributed by atoms with van der Waals surface area (Å²) in [5.74, 6) is 0.776. The number of aryl methyl sites for hydroxylation is 2. The second-order valence-corrected chi connectivity index (χ2v) is 6.91. The Morgan fingerprint density at radius 2 is 2.04 bits per heavy atom. The maximum atomic E-state index is 10.7. The van der Waals surface area contributed by atoms with Gasteiger partial charge in [-0.1, -0.05) is 24.3 Å². The minimum atomic E-state index is -0.473. The number of aliphatic hydroxyl groups excluding tert-OH is 1. The maximum Gasteiger partial charge on any atom is 0.166 e. The van der Waals surface area contributed by atoms with Crippen LogP contribution in [0.25, 0.3) is 17.0 Å². The topological polar surface area (TPSA) is 68.2 Å². The van der Waals surface area contributed by atoms with E-state index in [2.05, 4.69) is 27.2 Å². The first-order chi connectivity index (χ1) is 12.6. The molecule has 0 amide bonds. The van der Waals surface area contributed by atoms with Crippen molar-refractivity contribution in [3.05, 3.63) is 71.4 Å². The van der Waals surface area contributed by atoms with E-state index in [4.69, 9.17) is 0 Å². The van der Waals surface area contributed by atoms with Gasteiger partial charge in [-0.25, -0.2) is 14.5 Å². The van der Waals surface area contributed by atoms with Crippen LogP contribution >= 0.6 is 0 Å². The third-order valence-corrected chi connectivity index (χ3v) is 5.15. The average Bonchev–Trinajstić information content (AvgIpc) is 3.29. The highest BCUT2D eigenvalue weighted by Gasteiger charge is 2.33. The number of rotatable bonds is 2. The Morgan fingerprint density at radius 1 is 1.19 bits per heavy atom. The number of aliphatic hydroxyl groups is 1. The highest BCUT2D eigenvalue weighted by molar-refractivity contribution is 5.73. The Morgan fingerprint density at radius 3 is 2.92 bits per heavy atom. The molecule has 0 saturated heterocycles. The van der Waals surface area contributed by atoms with Crippen LogP contribution in [0.4, 0.5) is 0 Å². The minimum Gasteiger partial charge on any atom is -0.390 e. The summed E-state index contributed by atoms with van der Waals surface area (Å²) in [7, 11) is 0. The molecular formula is C20H19N5O. The molecule has 0 saturated carbocycles. The van der Waals surface area contributed by atoms with Crippen LogP contribution in [-0.4, -0.2) is 35.4 Å². The van der Waals surface area contributed by atoms with E-state index >= 15 is 0 Å². The van der Waals surface area contributed by atoms with Gasteiger partial charge in [0.25, 0.3) is 0 Å². The zero-order chi connectivity index (χ0) is 17.8. The molecule has 6 heteroatoms. The van der Waals surface area contributed by atoms with E-state index in [9.17, 15) is 5.11 Å². The van der Waals surface area contributed by atoms with Crippen molar-refractivity contribution in [3.63, 3.8) is 0 Å². The molecule has 0 aliphatic heterocycles. The van der Waals surface area contributed by atoms with Gasteiger partial charge in [0.2, 0.25) is 0 Å². The van der Waals surface area contributed by atoms with Crippen molar-refractivity contribution < 1.29 is 5.11 Å². The molecule has 0 bridgehead atoms. The second-order valence-electron chi connectivity index (χ2n) is 6.91. The lowest BCUT2D eigenvalue weighted by Gasteiger charge is -2.20. The molecule has 1 aromatic carbocycles. The van der Waals surface area contributed by atoms with E-state index in [0.717, 1.165) is 34.0 Å². The summed E-state index contributed by atoms with van der Waals surface area (Å²) in [6.45, 7) is 4.00. The molecule has 2 atom stereocenters. The van der Waals surface area contributed by atoms with Gasteiger partial charge in [0, 0.05) is 30.2 Å². The first kappa shape index (κ1) is 15.3. The van der Waals surface area contributed by atoms with Gasteiger partial charge >= 0.3 is 0 Å². The van der Waals surface area contributed by atoms with Gasteiger partial charge in [0.05, 0.1) is 23.9 Å². The zero-order valence-electron chi connectivity index (χ0n) is 14.7. The fraction of sp³-hybridized carbons (Fsp3) is 0.250. The lowest BCUT2D eigenvalue weighted by Crippen LogP contribution is -2.21. The first-order valence-electron chi connectivity index (χ1n) is 8.74. The molecule has 0 radical (unpaired) electrons. The lowest BCUT2D eigenvalue weighted by atomic mass is 10.1. The number of benzene rings is 1. The molecule has 0 unspecified atom stereocenters. The van der Waals surface area contributed by atoms with Gasteiger partial charge in [-0.3, -0.25) is 0 Å². The van der Waals surface area contributed by atoms with Crippen molar-refractivity contribution in [2.24, 2.45) is 0 Å². The van der Waals surface area contributed by atoms with Crippen LogP contribution in [0.2, 0.25) is 0 Å². The normalized spacial score (nSPS) is 19.2. The number of hydrogen-bond donors (Lipinski definition) is 1. The van der Waals surface area contributed by atoms with Crippen molar-refractivity contribution in [3.8, 4) is 11.4 Å². The first-order valence-corrected chi connectivity index (χ1v) is 8.74. The van der Waals surface area contributed by atoms with Gasteiger partial charge < -0.3 is 9.67 Å². The standard InChI is InChI=1S/C20H19N5O/c1-12-9-13(2)25-20(23-12)16(11-22-25)19-21-7-8-24(19)18-15-6-4-3-5-14(15)10-17(18)26/h3-9,11,17-18,26H,10H2,1-2H3/t17-,18+/m0/s1. The third kappa shape index (κ3) is 2.12. The molecule has 6 nitrogen and oxygen atoms in total. The smallest absolute Gasteiger partial charge is 0.166 e. The van der Waals surface area contributed by atoms with Crippen molar-refractivity contribution in [2.75, 3.05) is 0 Å². The molecule has 1 aliphatic rings. The molecule has 3 heterocycles. The van der Waals surface area contributed by atoms with E-state index < -0.39 is 6.10 Å². The zero-order valence-corrected chi connectivity index (χ0v) is 14.7. The Hall–Kier alpha value is -2.99. The van der Waals surface area contributed by atoms with E-state index in [1.54, 1.807) is 12.4 Å². The summed E-state index contributed by atoms with van der Waals surface area (Å²) in [6.07, 6.45) is 5.69. The van der Waals surface area contributed by atoms with Crippen LogP contribution in [0.1, 0.15) is 28.6 Å². The number of hydrogen-bond acceptors (Lipinski definition) is 4. The van der Waals surface area contributed by atoms with Crippen LogP contribution in [0, 0.1) is 13.8 Å². The van der Waals surface area contributed by atoms with E-state index in [1.165, 1.54) is 5.56 Å². The summed E-state index contributed by atoms with van der Waals surface area (Å²) in [4.78, 5) is 9.25. The summed E-state index contributed by atoms with van der Waals surface area (Å²) < 4.78 is 3.88. The van der Waals surface area contributed by atoms with Crippen LogP contribution in [0.5, 0.6) is 0 Å². The molecule has 1 N–H and O–H groups in total. The SMILES string of the molecule is Cc1cc(C)n2ncc(-c3nccn3[C@@H]3c4ccccc4C[C@@H]3O)c2n1. The second kappa shape index (κ2) is 5.51. The Kier molecular flexibility index (Phi) is 3.24. The predicted molar refractivity (Wildman–Crippen MR) is 98.0 cm³/mol. The largest absolute Gasteiger partial charge is 0.390 e. The predicted octanol–water partition coefficient (Wildman–Crippen LogP) is 2.72. The fourth-order valence-electron chi connectivity index (χ4n) is 4.06. The monoisotopic (exact) mass is 345 g/mol. The molecule has 130 valence electrons. The molecule has 0 spiro atoms. The highest BCUT2D eigenvalue weighted by Crippen LogP contribution is 2.37. The number of aromatic nitrogens is 5. The summed E-state index contributed by atoms with van der Waals surface area (Å²) >= 11 is 0. The summed E-state index contributed by atoms with van der Waals surface area (Å²) in [6, 6.07) is 10.1.